The van der Waals surface area contributed by atoms with Gasteiger partial charge in [0.15, 0.2) is 5.65 Å². The number of rotatable bonds is 6. The molecule has 172 valence electrons. The Labute approximate surface area is 187 Å². The number of hydrogen-bond donors (Lipinski definition) is 5. The van der Waals surface area contributed by atoms with Crippen LogP contribution in [-0.4, -0.2) is 77.3 Å². The lowest BCUT2D eigenvalue weighted by Crippen LogP contribution is -2.55. The van der Waals surface area contributed by atoms with Crippen LogP contribution in [0.2, 0.25) is 5.02 Å². The summed E-state index contributed by atoms with van der Waals surface area (Å²) < 4.78 is 8.24. The number of aliphatic hydroxyl groups excluding tert-OH is 5. The smallest absolute Gasteiger partial charge is 0.350 e. The van der Waals surface area contributed by atoms with Crippen molar-refractivity contribution < 1.29 is 30.3 Å². The summed E-state index contributed by atoms with van der Waals surface area (Å²) >= 11 is 6.34. The van der Waals surface area contributed by atoms with Gasteiger partial charge in [-0.25, -0.2) is 9.48 Å². The van der Waals surface area contributed by atoms with E-state index in [1.165, 1.54) is 9.08 Å². The highest BCUT2D eigenvalue weighted by atomic mass is 35.5. The van der Waals surface area contributed by atoms with E-state index in [1.807, 2.05) is 0 Å². The van der Waals surface area contributed by atoms with Gasteiger partial charge in [0.2, 0.25) is 0 Å². The summed E-state index contributed by atoms with van der Waals surface area (Å²) in [5.41, 5.74) is 1.85. The standard InChI is InChI=1S/C21H24ClN3O7/c22-14-3-2-12(20-19(30)18(29)17(28)15(10-27)32-20)7-13(14)9-25-21(31)24-8-11(5-6-26)1-4-16(24)23-25/h1-4,7-8,15,17-20,26-30H,5-6,9-10H2/t15-,17-,18+,19+,20+/m1/s1. The van der Waals surface area contributed by atoms with Crippen molar-refractivity contribution in [3.05, 3.63) is 68.7 Å². The van der Waals surface area contributed by atoms with Gasteiger partial charge in [0, 0.05) is 17.8 Å². The number of aromatic nitrogens is 3. The Morgan fingerprint density at radius 1 is 1.06 bits per heavy atom. The fourth-order valence-electron chi connectivity index (χ4n) is 3.87. The van der Waals surface area contributed by atoms with Gasteiger partial charge >= 0.3 is 5.69 Å². The number of ether oxygens (including phenoxy) is 1. The second-order valence-electron chi connectivity index (χ2n) is 7.78. The third-order valence-corrected chi connectivity index (χ3v) is 6.02. The average molecular weight is 466 g/mol. The maximum Gasteiger partial charge on any atom is 0.350 e. The van der Waals surface area contributed by atoms with E-state index in [0.717, 1.165) is 5.56 Å². The van der Waals surface area contributed by atoms with Crippen LogP contribution in [0, 0.1) is 0 Å². The van der Waals surface area contributed by atoms with Gasteiger partial charge in [-0.15, -0.1) is 5.10 Å². The van der Waals surface area contributed by atoms with E-state index in [-0.39, 0.29) is 18.8 Å². The van der Waals surface area contributed by atoms with Crippen LogP contribution in [-0.2, 0) is 17.7 Å². The number of nitrogens with zero attached hydrogens (tertiary/aromatic N) is 3. The summed E-state index contributed by atoms with van der Waals surface area (Å²) in [5, 5.41) is 53.7. The molecule has 1 aliphatic heterocycles. The van der Waals surface area contributed by atoms with E-state index in [4.69, 9.17) is 21.4 Å². The number of aliphatic hydroxyl groups is 5. The van der Waals surface area contributed by atoms with Gasteiger partial charge in [0.1, 0.15) is 30.5 Å². The summed E-state index contributed by atoms with van der Waals surface area (Å²) in [7, 11) is 0. The van der Waals surface area contributed by atoms with Gasteiger partial charge in [-0.3, -0.25) is 4.40 Å². The van der Waals surface area contributed by atoms with Crippen molar-refractivity contribution in [1.82, 2.24) is 14.2 Å². The number of halogens is 1. The van der Waals surface area contributed by atoms with Gasteiger partial charge in [-0.05, 0) is 41.3 Å². The lowest BCUT2D eigenvalue weighted by atomic mass is 9.90. The summed E-state index contributed by atoms with van der Waals surface area (Å²) in [5.74, 6) is 0. The molecule has 0 aliphatic carbocycles. The molecule has 5 N–H and O–H groups in total. The van der Waals surface area contributed by atoms with E-state index in [1.54, 1.807) is 36.5 Å². The minimum absolute atomic E-state index is 0.0330. The Hall–Kier alpha value is -2.31. The lowest BCUT2D eigenvalue weighted by Gasteiger charge is -2.40. The number of hydrogen-bond acceptors (Lipinski definition) is 8. The Morgan fingerprint density at radius 2 is 1.84 bits per heavy atom. The van der Waals surface area contributed by atoms with Crippen LogP contribution in [0.3, 0.4) is 0 Å². The molecule has 0 radical (unpaired) electrons. The minimum atomic E-state index is -1.50. The molecule has 10 nitrogen and oxygen atoms in total. The zero-order valence-corrected chi connectivity index (χ0v) is 17.7. The third kappa shape index (κ3) is 4.18. The fraction of sp³-hybridized carbons (Fsp3) is 0.429. The predicted octanol–water partition coefficient (Wildman–Crippen LogP) is -0.753. The topological polar surface area (TPSA) is 150 Å². The van der Waals surface area contributed by atoms with Crippen LogP contribution in [0.15, 0.2) is 41.3 Å². The molecule has 4 rings (SSSR count). The van der Waals surface area contributed by atoms with Crippen LogP contribution in [0.4, 0.5) is 0 Å². The highest BCUT2D eigenvalue weighted by Crippen LogP contribution is 2.34. The molecular weight excluding hydrogens is 442 g/mol. The van der Waals surface area contributed by atoms with E-state index < -0.39 is 37.1 Å². The summed E-state index contributed by atoms with van der Waals surface area (Å²) in [4.78, 5) is 12.8. The molecule has 3 heterocycles. The quantitative estimate of drug-likeness (QED) is 0.319. The van der Waals surface area contributed by atoms with Crippen molar-refractivity contribution in [3.63, 3.8) is 0 Å². The number of benzene rings is 1. The van der Waals surface area contributed by atoms with Crippen molar-refractivity contribution in [2.45, 2.75) is 43.5 Å². The summed E-state index contributed by atoms with van der Waals surface area (Å²) in [6.07, 6.45) is -4.38. The molecule has 1 aliphatic rings. The molecule has 0 bridgehead atoms. The molecule has 11 heteroatoms. The largest absolute Gasteiger partial charge is 0.396 e. The Kier molecular flexibility index (Phi) is 6.63. The van der Waals surface area contributed by atoms with E-state index in [9.17, 15) is 25.2 Å². The molecular formula is C21H24ClN3O7. The Balaban J connectivity index is 1.65. The minimum Gasteiger partial charge on any atom is -0.396 e. The zero-order valence-electron chi connectivity index (χ0n) is 17.0. The molecule has 1 saturated heterocycles. The first-order valence-corrected chi connectivity index (χ1v) is 10.5. The summed E-state index contributed by atoms with van der Waals surface area (Å²) in [6, 6.07) is 8.28. The highest BCUT2D eigenvalue weighted by molar-refractivity contribution is 6.31. The number of fused-ring (bicyclic) bond motifs is 1. The van der Waals surface area contributed by atoms with Crippen molar-refractivity contribution in [2.75, 3.05) is 13.2 Å². The third-order valence-electron chi connectivity index (χ3n) is 5.65. The lowest BCUT2D eigenvalue weighted by molar-refractivity contribution is -0.231. The normalized spacial score (nSPS) is 26.0. The molecule has 1 aromatic carbocycles. The summed E-state index contributed by atoms with van der Waals surface area (Å²) in [6.45, 7) is -0.522. The van der Waals surface area contributed by atoms with Gasteiger partial charge in [0.05, 0.1) is 13.2 Å². The average Bonchev–Trinajstić information content (AvgIpc) is 3.09. The molecule has 32 heavy (non-hydrogen) atoms. The monoisotopic (exact) mass is 465 g/mol. The van der Waals surface area contributed by atoms with Gasteiger partial charge in [-0.1, -0.05) is 23.7 Å². The molecule has 0 saturated carbocycles. The Morgan fingerprint density at radius 3 is 2.56 bits per heavy atom. The van der Waals surface area contributed by atoms with Crippen molar-refractivity contribution in [3.8, 4) is 0 Å². The Bertz CT molecular complexity index is 1160. The first-order chi connectivity index (χ1) is 15.3. The molecule has 5 atom stereocenters. The first-order valence-electron chi connectivity index (χ1n) is 10.1. The molecule has 1 fully saturated rings. The van der Waals surface area contributed by atoms with E-state index in [2.05, 4.69) is 5.10 Å². The van der Waals surface area contributed by atoms with Gasteiger partial charge in [-0.2, -0.15) is 0 Å². The second kappa shape index (κ2) is 9.28. The van der Waals surface area contributed by atoms with Crippen LogP contribution < -0.4 is 5.69 Å². The van der Waals surface area contributed by atoms with Gasteiger partial charge in [0.25, 0.3) is 0 Å². The van der Waals surface area contributed by atoms with Crippen molar-refractivity contribution >= 4 is 17.2 Å². The SMILES string of the molecule is O=c1n(Cc2cc([C@@H]3O[C@H](CO)[C@@H](O)[C@H](O)[C@@H]3O)ccc2Cl)nc2ccc(CCO)cn12. The van der Waals surface area contributed by atoms with Gasteiger partial charge < -0.3 is 30.3 Å². The molecule has 0 spiro atoms. The van der Waals surface area contributed by atoms with E-state index in [0.29, 0.717) is 28.2 Å². The van der Waals surface area contributed by atoms with Crippen LogP contribution in [0.1, 0.15) is 22.8 Å². The first kappa shape index (κ1) is 22.9. The maximum atomic E-state index is 12.8. The van der Waals surface area contributed by atoms with Crippen LogP contribution >= 0.6 is 11.6 Å². The highest BCUT2D eigenvalue weighted by Gasteiger charge is 2.44. The number of pyridine rings is 1. The predicted molar refractivity (Wildman–Crippen MR) is 114 cm³/mol. The maximum absolute atomic E-state index is 12.8. The second-order valence-corrected chi connectivity index (χ2v) is 8.19. The molecule has 2 aromatic heterocycles. The fourth-order valence-corrected chi connectivity index (χ4v) is 4.05. The zero-order chi connectivity index (χ0) is 23.0. The molecule has 3 aromatic rings. The van der Waals surface area contributed by atoms with Crippen molar-refractivity contribution in [1.29, 1.82) is 0 Å². The van der Waals surface area contributed by atoms with Crippen LogP contribution in [0.25, 0.3) is 5.65 Å². The molecule has 0 amide bonds. The van der Waals surface area contributed by atoms with Crippen LogP contribution in [0.5, 0.6) is 0 Å². The van der Waals surface area contributed by atoms with E-state index >= 15 is 0 Å². The molecule has 0 unspecified atom stereocenters. The van der Waals surface area contributed by atoms with Crippen molar-refractivity contribution in [2.24, 2.45) is 0 Å².